The third-order valence-corrected chi connectivity index (χ3v) is 6.78. The summed E-state index contributed by atoms with van der Waals surface area (Å²) in [4.78, 5) is 11.3. The Morgan fingerprint density at radius 1 is 1.26 bits per heavy atom. The maximum Gasteiger partial charge on any atom is 0.338 e. The minimum absolute atomic E-state index is 0.00295. The number of furan rings is 1. The van der Waals surface area contributed by atoms with E-state index in [1.807, 2.05) is 0 Å². The molecule has 0 radical (unpaired) electrons. The fourth-order valence-electron chi connectivity index (χ4n) is 3.15. The fraction of sp³-hybridized carbons (Fsp3) is 0.421. The molecule has 1 N–H and O–H groups in total. The number of rotatable bonds is 8. The molecule has 1 fully saturated rings. The Morgan fingerprint density at radius 3 is 2.37 bits per heavy atom. The SMILES string of the molecule is COc1cc(C)c(S(=O)(=O)N(Cc2cc(C(=O)O)co2)CC2CC2)c(C)c1. The van der Waals surface area contributed by atoms with Crippen molar-refractivity contribution in [2.75, 3.05) is 13.7 Å². The molecule has 0 saturated heterocycles. The first kappa shape index (κ1) is 19.4. The lowest BCUT2D eigenvalue weighted by Crippen LogP contribution is -2.33. The minimum atomic E-state index is -3.78. The highest BCUT2D eigenvalue weighted by atomic mass is 32.2. The van der Waals surface area contributed by atoms with Crippen molar-refractivity contribution in [2.24, 2.45) is 5.92 Å². The summed E-state index contributed by atoms with van der Waals surface area (Å²) >= 11 is 0. The summed E-state index contributed by atoms with van der Waals surface area (Å²) in [6, 6.07) is 4.76. The van der Waals surface area contributed by atoms with Crippen LogP contribution in [0.25, 0.3) is 0 Å². The molecule has 27 heavy (non-hydrogen) atoms. The van der Waals surface area contributed by atoms with Gasteiger partial charge in [-0.15, -0.1) is 0 Å². The lowest BCUT2D eigenvalue weighted by atomic mass is 10.1. The molecule has 146 valence electrons. The van der Waals surface area contributed by atoms with Crippen LogP contribution in [0, 0.1) is 19.8 Å². The zero-order valence-electron chi connectivity index (χ0n) is 15.6. The minimum Gasteiger partial charge on any atom is -0.497 e. The summed E-state index contributed by atoms with van der Waals surface area (Å²) in [5.74, 6) is 0.131. The number of sulfonamides is 1. The van der Waals surface area contributed by atoms with Crippen LogP contribution in [0.15, 0.2) is 33.8 Å². The van der Waals surface area contributed by atoms with Crippen molar-refractivity contribution in [1.82, 2.24) is 4.31 Å². The normalized spacial score (nSPS) is 14.5. The first-order valence-electron chi connectivity index (χ1n) is 8.68. The van der Waals surface area contributed by atoms with Gasteiger partial charge < -0.3 is 14.3 Å². The van der Waals surface area contributed by atoms with E-state index in [9.17, 15) is 13.2 Å². The second-order valence-electron chi connectivity index (χ2n) is 6.94. The van der Waals surface area contributed by atoms with Gasteiger partial charge in [0.1, 0.15) is 17.8 Å². The van der Waals surface area contributed by atoms with Crippen LogP contribution in [0.1, 0.15) is 40.1 Å². The van der Waals surface area contributed by atoms with Crippen LogP contribution in [0.5, 0.6) is 5.75 Å². The van der Waals surface area contributed by atoms with Gasteiger partial charge >= 0.3 is 5.97 Å². The van der Waals surface area contributed by atoms with Gasteiger partial charge in [0, 0.05) is 6.54 Å². The van der Waals surface area contributed by atoms with E-state index in [2.05, 4.69) is 0 Å². The Labute approximate surface area is 158 Å². The quantitative estimate of drug-likeness (QED) is 0.740. The molecule has 1 heterocycles. The summed E-state index contributed by atoms with van der Waals surface area (Å²) in [5, 5.41) is 9.04. The van der Waals surface area contributed by atoms with Gasteiger partial charge in [-0.05, 0) is 61.9 Å². The van der Waals surface area contributed by atoms with Gasteiger partial charge in [0.2, 0.25) is 10.0 Å². The van der Waals surface area contributed by atoms with Gasteiger partial charge in [-0.1, -0.05) is 0 Å². The number of benzene rings is 1. The van der Waals surface area contributed by atoms with Crippen molar-refractivity contribution in [1.29, 1.82) is 0 Å². The number of ether oxygens (including phenoxy) is 1. The van der Waals surface area contributed by atoms with E-state index in [4.69, 9.17) is 14.3 Å². The van der Waals surface area contributed by atoms with E-state index in [0.717, 1.165) is 19.1 Å². The Hall–Kier alpha value is -2.32. The summed E-state index contributed by atoms with van der Waals surface area (Å²) in [6.45, 7) is 3.87. The molecule has 3 rings (SSSR count). The molecule has 0 amide bonds. The van der Waals surface area contributed by atoms with E-state index in [1.54, 1.807) is 33.1 Å². The van der Waals surface area contributed by atoms with Crippen LogP contribution < -0.4 is 4.74 Å². The van der Waals surface area contributed by atoms with Crippen LogP contribution in [-0.4, -0.2) is 37.5 Å². The molecular weight excluding hydrogens is 370 g/mol. The molecule has 8 heteroatoms. The summed E-state index contributed by atoms with van der Waals surface area (Å²) in [6.07, 6.45) is 3.11. The highest BCUT2D eigenvalue weighted by Crippen LogP contribution is 2.34. The van der Waals surface area contributed by atoms with Crippen molar-refractivity contribution in [3.8, 4) is 5.75 Å². The van der Waals surface area contributed by atoms with E-state index >= 15 is 0 Å². The molecule has 7 nitrogen and oxygen atoms in total. The van der Waals surface area contributed by atoms with Crippen LogP contribution in [0.4, 0.5) is 0 Å². The smallest absolute Gasteiger partial charge is 0.338 e. The molecule has 0 unspecified atom stereocenters. The Morgan fingerprint density at radius 2 is 1.89 bits per heavy atom. The van der Waals surface area contributed by atoms with Gasteiger partial charge in [-0.3, -0.25) is 0 Å². The van der Waals surface area contributed by atoms with Crippen molar-refractivity contribution in [2.45, 2.75) is 38.1 Å². The fourth-order valence-corrected chi connectivity index (χ4v) is 5.04. The van der Waals surface area contributed by atoms with Crippen molar-refractivity contribution in [3.63, 3.8) is 0 Å². The maximum absolute atomic E-state index is 13.4. The van der Waals surface area contributed by atoms with Gasteiger partial charge in [-0.2, -0.15) is 4.31 Å². The van der Waals surface area contributed by atoms with E-state index < -0.39 is 16.0 Å². The van der Waals surface area contributed by atoms with Gasteiger partial charge in [0.15, 0.2) is 0 Å². The molecule has 1 aromatic heterocycles. The van der Waals surface area contributed by atoms with Gasteiger partial charge in [0.05, 0.1) is 24.1 Å². The monoisotopic (exact) mass is 393 g/mol. The molecule has 1 aliphatic rings. The predicted octanol–water partition coefficient (Wildman–Crippen LogP) is 3.20. The number of carboxylic acids is 1. The number of hydrogen-bond donors (Lipinski definition) is 1. The molecule has 2 aromatic rings. The first-order chi connectivity index (χ1) is 12.7. The van der Waals surface area contributed by atoms with Crippen LogP contribution in [0.3, 0.4) is 0 Å². The maximum atomic E-state index is 13.4. The number of methoxy groups -OCH3 is 1. The van der Waals surface area contributed by atoms with E-state index in [-0.39, 0.29) is 17.0 Å². The highest BCUT2D eigenvalue weighted by Gasteiger charge is 2.34. The topological polar surface area (TPSA) is 97.1 Å². The zero-order valence-corrected chi connectivity index (χ0v) is 16.4. The Bertz CT molecular complexity index is 935. The van der Waals surface area contributed by atoms with Gasteiger partial charge in [-0.25, -0.2) is 13.2 Å². The lowest BCUT2D eigenvalue weighted by Gasteiger charge is -2.23. The average Bonchev–Trinajstić information content (AvgIpc) is 3.27. The molecule has 1 aromatic carbocycles. The number of nitrogens with zero attached hydrogens (tertiary/aromatic N) is 1. The molecule has 1 aliphatic carbocycles. The molecule has 0 bridgehead atoms. The molecular formula is C19H23NO6S. The largest absolute Gasteiger partial charge is 0.497 e. The van der Waals surface area contributed by atoms with E-state index in [0.29, 0.717) is 35.1 Å². The Kier molecular flexibility index (Phi) is 5.30. The predicted molar refractivity (Wildman–Crippen MR) is 98.5 cm³/mol. The number of hydrogen-bond acceptors (Lipinski definition) is 5. The lowest BCUT2D eigenvalue weighted by molar-refractivity contribution is 0.0696. The molecule has 1 saturated carbocycles. The second kappa shape index (κ2) is 7.36. The standard InChI is InChI=1S/C19H23NO6S/c1-12-6-16(25-3)7-13(2)18(12)27(23,24)20(9-14-4-5-14)10-17-8-15(11-26-17)19(21)22/h6-8,11,14H,4-5,9-10H2,1-3H3,(H,21,22). The molecule has 0 atom stereocenters. The Balaban J connectivity index is 1.97. The van der Waals surface area contributed by atoms with Gasteiger partial charge in [0.25, 0.3) is 0 Å². The second-order valence-corrected chi connectivity index (χ2v) is 8.81. The highest BCUT2D eigenvalue weighted by molar-refractivity contribution is 7.89. The molecule has 0 spiro atoms. The van der Waals surface area contributed by atoms with Crippen LogP contribution >= 0.6 is 0 Å². The van der Waals surface area contributed by atoms with Crippen LogP contribution in [0.2, 0.25) is 0 Å². The third-order valence-electron chi connectivity index (χ3n) is 4.66. The summed E-state index contributed by atoms with van der Waals surface area (Å²) in [7, 11) is -2.24. The van der Waals surface area contributed by atoms with Crippen molar-refractivity contribution < 1.29 is 27.5 Å². The number of aromatic carboxylic acids is 1. The zero-order chi connectivity index (χ0) is 19.8. The summed E-state index contributed by atoms with van der Waals surface area (Å²) in [5.41, 5.74) is 1.22. The first-order valence-corrected chi connectivity index (χ1v) is 10.1. The summed E-state index contributed by atoms with van der Waals surface area (Å²) < 4.78 is 38.7. The van der Waals surface area contributed by atoms with Crippen LogP contribution in [-0.2, 0) is 16.6 Å². The number of carbonyl (C=O) groups is 1. The third kappa shape index (κ3) is 4.17. The number of carboxylic acid groups (broad SMARTS) is 1. The number of aryl methyl sites for hydroxylation is 2. The molecule has 0 aliphatic heterocycles. The van der Waals surface area contributed by atoms with E-state index in [1.165, 1.54) is 10.4 Å². The van der Waals surface area contributed by atoms with Crippen molar-refractivity contribution >= 4 is 16.0 Å². The van der Waals surface area contributed by atoms with Crippen molar-refractivity contribution in [3.05, 3.63) is 46.9 Å². The average molecular weight is 393 g/mol.